The van der Waals surface area contributed by atoms with Gasteiger partial charge in [-0.2, -0.15) is 0 Å². The topological polar surface area (TPSA) is 108 Å². The van der Waals surface area contributed by atoms with Crippen molar-refractivity contribution in [3.8, 4) is 5.75 Å². The highest BCUT2D eigenvalue weighted by atomic mass is 16.6. The summed E-state index contributed by atoms with van der Waals surface area (Å²) in [7, 11) is 1.50. The van der Waals surface area contributed by atoms with Crippen molar-refractivity contribution in [2.75, 3.05) is 13.7 Å². The molecule has 1 aromatic carbocycles. The summed E-state index contributed by atoms with van der Waals surface area (Å²) in [5, 5.41) is 22.5. The van der Waals surface area contributed by atoms with Gasteiger partial charge in [0.15, 0.2) is 5.60 Å². The third-order valence-electron chi connectivity index (χ3n) is 5.35. The summed E-state index contributed by atoms with van der Waals surface area (Å²) in [6.45, 7) is 3.37. The van der Waals surface area contributed by atoms with Gasteiger partial charge in [0.25, 0.3) is 5.69 Å². The van der Waals surface area contributed by atoms with Crippen LogP contribution in [0.15, 0.2) is 18.2 Å². The molecule has 26 heavy (non-hydrogen) atoms. The molecule has 1 aromatic rings. The van der Waals surface area contributed by atoms with Crippen LogP contribution in [0.5, 0.6) is 5.75 Å². The highest BCUT2D eigenvalue weighted by Gasteiger charge is 2.57. The predicted molar refractivity (Wildman–Crippen MR) is 91.1 cm³/mol. The second-order valence-electron chi connectivity index (χ2n) is 7.31. The average Bonchev–Trinajstić information content (AvgIpc) is 2.97. The minimum Gasteiger partial charge on any atom is -0.482 e. The Labute approximate surface area is 151 Å². The molecule has 1 fully saturated rings. The lowest BCUT2D eigenvalue weighted by molar-refractivity contribution is -0.385. The number of Topliss-reactive ketones (excluding diaryl/α,β-unsaturated/α-hetero) is 1. The van der Waals surface area contributed by atoms with Gasteiger partial charge in [0.05, 0.1) is 17.6 Å². The van der Waals surface area contributed by atoms with Gasteiger partial charge in [0.1, 0.15) is 23.2 Å². The van der Waals surface area contributed by atoms with E-state index in [0.29, 0.717) is 24.2 Å². The number of fused-ring (bicyclic) bond motifs is 1. The molecule has 3 rings (SSSR count). The van der Waals surface area contributed by atoms with Gasteiger partial charge in [-0.3, -0.25) is 14.9 Å². The molecule has 4 atom stereocenters. The van der Waals surface area contributed by atoms with E-state index in [1.54, 1.807) is 13.8 Å². The van der Waals surface area contributed by atoms with Gasteiger partial charge in [-0.25, -0.2) is 0 Å². The number of aliphatic hydroxyl groups is 1. The zero-order valence-electron chi connectivity index (χ0n) is 15.1. The lowest BCUT2D eigenvalue weighted by Gasteiger charge is -2.50. The number of nitro benzene ring substituents is 1. The van der Waals surface area contributed by atoms with Gasteiger partial charge in [0.2, 0.25) is 0 Å². The van der Waals surface area contributed by atoms with Crippen molar-refractivity contribution >= 4 is 11.5 Å². The molecule has 4 unspecified atom stereocenters. The number of nitrogens with zero attached hydrogens (tertiary/aromatic N) is 1. The number of carbonyl (C=O) groups excluding carboxylic acids is 1. The highest BCUT2D eigenvalue weighted by Crippen LogP contribution is 2.50. The van der Waals surface area contributed by atoms with E-state index in [1.165, 1.54) is 25.3 Å². The number of non-ortho nitro benzene ring substituents is 1. The van der Waals surface area contributed by atoms with Gasteiger partial charge in [0, 0.05) is 37.6 Å². The van der Waals surface area contributed by atoms with E-state index < -0.39 is 22.2 Å². The molecule has 8 nitrogen and oxygen atoms in total. The van der Waals surface area contributed by atoms with Crippen LogP contribution in [0.25, 0.3) is 0 Å². The van der Waals surface area contributed by atoms with Crippen molar-refractivity contribution in [3.05, 3.63) is 33.9 Å². The summed E-state index contributed by atoms with van der Waals surface area (Å²) in [5.41, 5.74) is -2.37. The first-order valence-electron chi connectivity index (χ1n) is 8.54. The lowest BCUT2D eigenvalue weighted by atomic mass is 9.76. The summed E-state index contributed by atoms with van der Waals surface area (Å²) >= 11 is 0. The number of ether oxygens (including phenoxy) is 3. The standard InChI is InChI=1S/C18H23NO7/c1-17(10-24-3)18(2,21)16(25-13-6-5-12(20)9-13)14-8-11(19(22)23)4-7-15(14)26-17/h4,7-8,13,16,21H,5-6,9-10H2,1-3H3. The van der Waals surface area contributed by atoms with Crippen molar-refractivity contribution in [1.29, 1.82) is 0 Å². The molecule has 1 heterocycles. The van der Waals surface area contributed by atoms with E-state index in [1.807, 2.05) is 0 Å². The SMILES string of the molecule is COCC1(C)Oc2ccc([N+](=O)[O-])cc2C(OC2CCC(=O)C2)C1(C)O. The van der Waals surface area contributed by atoms with Crippen molar-refractivity contribution in [2.45, 2.75) is 56.5 Å². The van der Waals surface area contributed by atoms with E-state index >= 15 is 0 Å². The fraction of sp³-hybridized carbons (Fsp3) is 0.611. The quantitative estimate of drug-likeness (QED) is 0.630. The molecule has 0 radical (unpaired) electrons. The Hall–Kier alpha value is -2.03. The Bertz CT molecular complexity index is 732. The first kappa shape index (κ1) is 18.8. The predicted octanol–water partition coefficient (Wildman–Crippen LogP) is 2.32. The minimum atomic E-state index is -1.53. The maximum atomic E-state index is 11.6. The number of ketones is 1. The first-order chi connectivity index (χ1) is 12.2. The van der Waals surface area contributed by atoms with E-state index in [0.717, 1.165) is 0 Å². The molecule has 1 N–H and O–H groups in total. The third kappa shape index (κ3) is 3.08. The third-order valence-corrected chi connectivity index (χ3v) is 5.35. The maximum absolute atomic E-state index is 11.6. The Morgan fingerprint density at radius 2 is 2.15 bits per heavy atom. The Balaban J connectivity index is 2.05. The van der Waals surface area contributed by atoms with E-state index in [4.69, 9.17) is 14.2 Å². The summed E-state index contributed by atoms with van der Waals surface area (Å²) in [6.07, 6.45) is 0.0572. The molecule has 2 aliphatic rings. The number of nitro groups is 1. The summed E-state index contributed by atoms with van der Waals surface area (Å²) in [5.74, 6) is 0.511. The number of hydrogen-bond donors (Lipinski definition) is 1. The fourth-order valence-corrected chi connectivity index (χ4v) is 3.62. The Kier molecular flexibility index (Phi) is 4.76. The van der Waals surface area contributed by atoms with Gasteiger partial charge < -0.3 is 19.3 Å². The van der Waals surface area contributed by atoms with Crippen LogP contribution in [-0.4, -0.2) is 46.8 Å². The number of benzene rings is 1. The van der Waals surface area contributed by atoms with Crippen LogP contribution >= 0.6 is 0 Å². The molecule has 0 spiro atoms. The molecule has 0 amide bonds. The van der Waals surface area contributed by atoms with E-state index in [9.17, 15) is 20.0 Å². The summed E-state index contributed by atoms with van der Waals surface area (Å²) in [4.78, 5) is 22.3. The smallest absolute Gasteiger partial charge is 0.270 e. The lowest BCUT2D eigenvalue weighted by Crippen LogP contribution is -2.63. The molecule has 0 aromatic heterocycles. The molecule has 1 aliphatic carbocycles. The van der Waals surface area contributed by atoms with E-state index in [2.05, 4.69) is 0 Å². The fourth-order valence-electron chi connectivity index (χ4n) is 3.62. The van der Waals surface area contributed by atoms with E-state index in [-0.39, 0.29) is 30.6 Å². The van der Waals surface area contributed by atoms with Crippen LogP contribution < -0.4 is 4.74 Å². The molecule has 142 valence electrons. The average molecular weight is 365 g/mol. The Morgan fingerprint density at radius 1 is 1.42 bits per heavy atom. The monoisotopic (exact) mass is 365 g/mol. The molecular weight excluding hydrogens is 342 g/mol. The van der Waals surface area contributed by atoms with Gasteiger partial charge >= 0.3 is 0 Å². The number of rotatable bonds is 5. The molecule has 0 saturated heterocycles. The summed E-state index contributed by atoms with van der Waals surface area (Å²) < 4.78 is 17.3. The largest absolute Gasteiger partial charge is 0.482 e. The van der Waals surface area contributed by atoms with Crippen LogP contribution in [0.3, 0.4) is 0 Å². The minimum absolute atomic E-state index is 0.0971. The zero-order valence-corrected chi connectivity index (χ0v) is 15.1. The van der Waals surface area contributed by atoms with Crippen LogP contribution in [0.1, 0.15) is 44.8 Å². The number of hydrogen-bond acceptors (Lipinski definition) is 7. The maximum Gasteiger partial charge on any atom is 0.270 e. The number of methoxy groups -OCH3 is 1. The first-order valence-corrected chi connectivity index (χ1v) is 8.54. The van der Waals surface area contributed by atoms with Crippen molar-refractivity contribution in [2.24, 2.45) is 0 Å². The van der Waals surface area contributed by atoms with Crippen molar-refractivity contribution in [3.63, 3.8) is 0 Å². The normalized spacial score (nSPS) is 33.6. The van der Waals surface area contributed by atoms with Crippen molar-refractivity contribution in [1.82, 2.24) is 0 Å². The molecule has 1 aliphatic heterocycles. The van der Waals surface area contributed by atoms with Crippen LogP contribution in [0, 0.1) is 10.1 Å². The second-order valence-corrected chi connectivity index (χ2v) is 7.31. The van der Waals surface area contributed by atoms with Gasteiger partial charge in [-0.05, 0) is 26.3 Å². The molecular formula is C18H23NO7. The molecule has 8 heteroatoms. The number of carbonyl (C=O) groups is 1. The Morgan fingerprint density at radius 3 is 2.73 bits per heavy atom. The molecule has 0 bridgehead atoms. The van der Waals surface area contributed by atoms with Crippen LogP contribution in [0.4, 0.5) is 5.69 Å². The summed E-state index contributed by atoms with van der Waals surface area (Å²) in [6, 6.07) is 4.21. The van der Waals surface area contributed by atoms with Crippen LogP contribution in [0.2, 0.25) is 0 Å². The van der Waals surface area contributed by atoms with Gasteiger partial charge in [-0.15, -0.1) is 0 Å². The zero-order chi connectivity index (χ0) is 19.1. The van der Waals surface area contributed by atoms with Gasteiger partial charge in [-0.1, -0.05) is 0 Å². The molecule has 1 saturated carbocycles. The van der Waals surface area contributed by atoms with Crippen molar-refractivity contribution < 1.29 is 29.0 Å². The highest BCUT2D eigenvalue weighted by molar-refractivity contribution is 5.81. The second kappa shape index (κ2) is 6.61. The van der Waals surface area contributed by atoms with Crippen LogP contribution in [-0.2, 0) is 14.3 Å².